The molecule has 0 radical (unpaired) electrons. The number of aryl methyl sites for hydroxylation is 1. The van der Waals surface area contributed by atoms with Crippen LogP contribution >= 0.6 is 0 Å². The van der Waals surface area contributed by atoms with E-state index in [0.717, 1.165) is 37.6 Å². The molecule has 0 spiro atoms. The Morgan fingerprint density at radius 1 is 1.12 bits per heavy atom. The summed E-state index contributed by atoms with van der Waals surface area (Å²) < 4.78 is 5.73. The summed E-state index contributed by atoms with van der Waals surface area (Å²) in [4.78, 5) is 16.7. The van der Waals surface area contributed by atoms with Gasteiger partial charge in [0.15, 0.2) is 0 Å². The van der Waals surface area contributed by atoms with Gasteiger partial charge in [-0.2, -0.15) is 0 Å². The van der Waals surface area contributed by atoms with E-state index in [-0.39, 0.29) is 5.91 Å². The van der Waals surface area contributed by atoms with E-state index >= 15 is 0 Å². The molecule has 0 atom stereocenters. The fourth-order valence-electron chi connectivity index (χ4n) is 3.16. The van der Waals surface area contributed by atoms with Crippen LogP contribution in [-0.4, -0.2) is 52.1 Å². The van der Waals surface area contributed by atoms with Crippen LogP contribution in [0, 0.1) is 6.92 Å². The van der Waals surface area contributed by atoms with Crippen LogP contribution in [0.5, 0.6) is 0 Å². The molecule has 2 heterocycles. The second-order valence-corrected chi connectivity index (χ2v) is 7.13. The van der Waals surface area contributed by atoms with Gasteiger partial charge in [0.05, 0.1) is 13.0 Å². The highest BCUT2D eigenvalue weighted by Gasteiger charge is 2.30. The van der Waals surface area contributed by atoms with Gasteiger partial charge in [-0.3, -0.25) is 9.69 Å². The monoisotopic (exact) mass is 340 g/mol. The van der Waals surface area contributed by atoms with Gasteiger partial charge in [0, 0.05) is 32.1 Å². The molecule has 2 aliphatic rings. The highest BCUT2D eigenvalue weighted by molar-refractivity contribution is 5.78. The van der Waals surface area contributed by atoms with Gasteiger partial charge in [-0.15, -0.1) is 10.2 Å². The smallest absolute Gasteiger partial charge is 0.230 e. The molecular formula is C19H24N4O2. The van der Waals surface area contributed by atoms with Gasteiger partial charge in [-0.05, 0) is 25.3 Å². The maximum Gasteiger partial charge on any atom is 0.230 e. The van der Waals surface area contributed by atoms with Crippen LogP contribution in [0.25, 0.3) is 0 Å². The number of aromatic nitrogens is 2. The molecule has 25 heavy (non-hydrogen) atoms. The van der Waals surface area contributed by atoms with Crippen LogP contribution in [-0.2, 0) is 17.8 Å². The Bertz CT molecular complexity index is 728. The summed E-state index contributed by atoms with van der Waals surface area (Å²) in [5, 5.41) is 8.28. The summed E-state index contributed by atoms with van der Waals surface area (Å²) in [6, 6.07) is 8.19. The molecule has 6 heteroatoms. The molecule has 1 aliphatic heterocycles. The molecule has 0 unspecified atom stereocenters. The zero-order valence-corrected chi connectivity index (χ0v) is 14.6. The van der Waals surface area contributed by atoms with Crippen molar-refractivity contribution < 1.29 is 9.21 Å². The molecule has 1 saturated carbocycles. The first-order valence-corrected chi connectivity index (χ1v) is 9.05. The third-order valence-electron chi connectivity index (χ3n) is 4.97. The van der Waals surface area contributed by atoms with Crippen LogP contribution in [0.3, 0.4) is 0 Å². The number of rotatable bonds is 5. The van der Waals surface area contributed by atoms with Gasteiger partial charge in [0.25, 0.3) is 0 Å². The van der Waals surface area contributed by atoms with Gasteiger partial charge in [-0.1, -0.05) is 29.8 Å². The van der Waals surface area contributed by atoms with Crippen molar-refractivity contribution >= 4 is 5.91 Å². The predicted octanol–water partition coefficient (Wildman–Crippen LogP) is 2.14. The molecule has 6 nitrogen and oxygen atoms in total. The van der Waals surface area contributed by atoms with Crippen molar-refractivity contribution in [2.75, 3.05) is 26.2 Å². The predicted molar refractivity (Wildman–Crippen MR) is 93.0 cm³/mol. The Balaban J connectivity index is 1.25. The molecule has 132 valence electrons. The van der Waals surface area contributed by atoms with E-state index < -0.39 is 0 Å². The van der Waals surface area contributed by atoms with Gasteiger partial charge in [0.2, 0.25) is 17.7 Å². The Kier molecular flexibility index (Phi) is 4.53. The van der Waals surface area contributed by atoms with E-state index in [1.54, 1.807) is 0 Å². The standard InChI is InChI=1S/C19H24N4O2/c1-14-2-4-15(5-3-14)12-18(24)23-10-8-22(9-11-23)13-17-20-21-19(25-17)16-6-7-16/h2-5,16H,6-13H2,1H3. The molecular weight excluding hydrogens is 316 g/mol. The van der Waals surface area contributed by atoms with Crippen molar-refractivity contribution in [3.8, 4) is 0 Å². The van der Waals surface area contributed by atoms with E-state index in [9.17, 15) is 4.79 Å². The minimum Gasteiger partial charge on any atom is -0.424 e. The van der Waals surface area contributed by atoms with Gasteiger partial charge >= 0.3 is 0 Å². The van der Waals surface area contributed by atoms with Crippen LogP contribution in [0.4, 0.5) is 0 Å². The quantitative estimate of drug-likeness (QED) is 0.834. The lowest BCUT2D eigenvalue weighted by atomic mass is 10.1. The van der Waals surface area contributed by atoms with Gasteiger partial charge in [-0.25, -0.2) is 0 Å². The fraction of sp³-hybridized carbons (Fsp3) is 0.526. The first-order valence-electron chi connectivity index (χ1n) is 9.05. The summed E-state index contributed by atoms with van der Waals surface area (Å²) >= 11 is 0. The largest absolute Gasteiger partial charge is 0.424 e. The Morgan fingerprint density at radius 3 is 2.52 bits per heavy atom. The number of carbonyl (C=O) groups is 1. The summed E-state index contributed by atoms with van der Waals surface area (Å²) in [5.74, 6) is 2.19. The molecule has 0 N–H and O–H groups in total. The number of amides is 1. The zero-order valence-electron chi connectivity index (χ0n) is 14.6. The molecule has 1 amide bonds. The number of nitrogens with zero attached hydrogens (tertiary/aromatic N) is 4. The summed E-state index contributed by atoms with van der Waals surface area (Å²) in [6.07, 6.45) is 2.82. The van der Waals surface area contributed by atoms with Crippen molar-refractivity contribution in [3.05, 3.63) is 47.2 Å². The zero-order chi connectivity index (χ0) is 17.2. The number of carbonyl (C=O) groups excluding carboxylic acids is 1. The first kappa shape index (κ1) is 16.3. The van der Waals surface area contributed by atoms with Gasteiger partial charge < -0.3 is 9.32 Å². The molecule has 1 aromatic carbocycles. The SMILES string of the molecule is Cc1ccc(CC(=O)N2CCN(Cc3nnc(C4CC4)o3)CC2)cc1. The molecule has 2 aromatic rings. The normalized spacial score (nSPS) is 18.5. The third kappa shape index (κ3) is 4.07. The van der Waals surface area contributed by atoms with Crippen molar-refractivity contribution in [1.82, 2.24) is 20.0 Å². The van der Waals surface area contributed by atoms with E-state index in [1.807, 2.05) is 17.0 Å². The molecule has 4 rings (SSSR count). The molecule has 0 bridgehead atoms. The van der Waals surface area contributed by atoms with Crippen LogP contribution < -0.4 is 0 Å². The van der Waals surface area contributed by atoms with E-state index in [1.165, 1.54) is 18.4 Å². The average molecular weight is 340 g/mol. The summed E-state index contributed by atoms with van der Waals surface area (Å²) in [6.45, 7) is 5.95. The number of hydrogen-bond acceptors (Lipinski definition) is 5. The lowest BCUT2D eigenvalue weighted by molar-refractivity contribution is -0.132. The minimum absolute atomic E-state index is 0.206. The summed E-state index contributed by atoms with van der Waals surface area (Å²) in [7, 11) is 0. The highest BCUT2D eigenvalue weighted by Crippen LogP contribution is 2.39. The lowest BCUT2D eigenvalue weighted by Gasteiger charge is -2.34. The van der Waals surface area contributed by atoms with Crippen LogP contribution in [0.2, 0.25) is 0 Å². The molecule has 1 aliphatic carbocycles. The van der Waals surface area contributed by atoms with Crippen molar-refractivity contribution in [2.24, 2.45) is 0 Å². The molecule has 1 saturated heterocycles. The Labute approximate surface area is 147 Å². The fourth-order valence-corrected chi connectivity index (χ4v) is 3.16. The van der Waals surface area contributed by atoms with Crippen molar-refractivity contribution in [1.29, 1.82) is 0 Å². The first-order chi connectivity index (χ1) is 12.2. The number of piperazine rings is 1. The van der Waals surface area contributed by atoms with E-state index in [2.05, 4.69) is 34.2 Å². The number of benzene rings is 1. The Hall–Kier alpha value is -2.21. The van der Waals surface area contributed by atoms with E-state index in [0.29, 0.717) is 24.8 Å². The minimum atomic E-state index is 0.206. The van der Waals surface area contributed by atoms with E-state index in [4.69, 9.17) is 4.42 Å². The molecule has 2 fully saturated rings. The maximum atomic E-state index is 12.5. The second kappa shape index (κ2) is 6.96. The highest BCUT2D eigenvalue weighted by atomic mass is 16.4. The number of hydrogen-bond donors (Lipinski definition) is 0. The maximum absolute atomic E-state index is 12.5. The van der Waals surface area contributed by atoms with Crippen molar-refractivity contribution in [2.45, 2.75) is 38.6 Å². The second-order valence-electron chi connectivity index (χ2n) is 7.13. The Morgan fingerprint density at radius 2 is 1.84 bits per heavy atom. The topological polar surface area (TPSA) is 62.5 Å². The summed E-state index contributed by atoms with van der Waals surface area (Å²) in [5.41, 5.74) is 2.30. The van der Waals surface area contributed by atoms with Crippen LogP contribution in [0.15, 0.2) is 28.7 Å². The lowest BCUT2D eigenvalue weighted by Crippen LogP contribution is -2.48. The van der Waals surface area contributed by atoms with Crippen molar-refractivity contribution in [3.63, 3.8) is 0 Å². The third-order valence-corrected chi connectivity index (χ3v) is 4.97. The van der Waals surface area contributed by atoms with Gasteiger partial charge in [0.1, 0.15) is 0 Å². The molecule has 1 aromatic heterocycles. The average Bonchev–Trinajstić information content (AvgIpc) is 3.37. The van der Waals surface area contributed by atoms with Crippen LogP contribution in [0.1, 0.15) is 41.7 Å².